The van der Waals surface area contributed by atoms with Crippen LogP contribution in [-0.2, 0) is 4.79 Å². The number of hydrogen-bond donors (Lipinski definition) is 0. The molecule has 0 radical (unpaired) electrons. The van der Waals surface area contributed by atoms with Crippen LogP contribution in [0, 0.1) is 16.0 Å². The average molecular weight is 169 g/mol. The third-order valence-electron chi connectivity index (χ3n) is 2.63. The van der Waals surface area contributed by atoms with Crippen molar-refractivity contribution in [1.82, 2.24) is 0 Å². The van der Waals surface area contributed by atoms with Crippen LogP contribution in [0.5, 0.6) is 0 Å². The molecule has 0 atom stereocenters. The number of carbonyl (C=O) groups excluding carboxylic acids is 1. The Balaban J connectivity index is 3.21. The molecule has 1 aliphatic carbocycles. The highest BCUT2D eigenvalue weighted by Gasteiger charge is 2.64. The van der Waals surface area contributed by atoms with Gasteiger partial charge in [0.2, 0.25) is 0 Å². The van der Waals surface area contributed by atoms with Crippen LogP contribution in [0.1, 0.15) is 27.7 Å². The minimum Gasteiger partial charge on any atom is -0.624 e. The van der Waals surface area contributed by atoms with E-state index in [0.717, 1.165) is 4.74 Å². The summed E-state index contributed by atoms with van der Waals surface area (Å²) in [6, 6.07) is 0. The summed E-state index contributed by atoms with van der Waals surface area (Å²) in [5.74, 6) is 0.146. The van der Waals surface area contributed by atoms with Gasteiger partial charge in [0.15, 0.2) is 11.5 Å². The predicted molar refractivity (Wildman–Crippen MR) is 47.1 cm³/mol. The summed E-state index contributed by atoms with van der Waals surface area (Å²) in [6.45, 7) is 7.18. The number of hydrogen-bond acceptors (Lipinski definition) is 2. The quantitative estimate of drug-likeness (QED) is 0.311. The van der Waals surface area contributed by atoms with Crippen molar-refractivity contribution in [3.8, 4) is 0 Å². The zero-order valence-corrected chi connectivity index (χ0v) is 8.26. The minimum absolute atomic E-state index is 0.146. The second kappa shape index (κ2) is 2.09. The van der Waals surface area contributed by atoms with Crippen LogP contribution in [0.15, 0.2) is 0 Å². The molecule has 0 aromatic carbocycles. The molecule has 0 unspecified atom stereocenters. The predicted octanol–water partition coefficient (Wildman–Crippen LogP) is 1.20. The Hall–Kier alpha value is -0.860. The lowest BCUT2D eigenvalue weighted by molar-refractivity contribution is -0.433. The molecule has 3 nitrogen and oxygen atoms in total. The van der Waals surface area contributed by atoms with Crippen molar-refractivity contribution in [2.75, 3.05) is 7.05 Å². The van der Waals surface area contributed by atoms with Gasteiger partial charge in [0.05, 0.1) is 0 Å². The maximum absolute atomic E-state index is 11.5. The molecular weight excluding hydrogens is 154 g/mol. The van der Waals surface area contributed by atoms with E-state index >= 15 is 0 Å². The number of nitrogens with zero attached hydrogens (tertiary/aromatic N) is 1. The molecule has 1 rings (SSSR count). The van der Waals surface area contributed by atoms with Crippen molar-refractivity contribution in [2.24, 2.45) is 10.8 Å². The molecule has 0 aromatic rings. The first-order chi connectivity index (χ1) is 5.22. The van der Waals surface area contributed by atoms with Gasteiger partial charge >= 0.3 is 0 Å². The standard InChI is InChI=1S/C9H15NO2/c1-8(2)6(10(5)12)9(3,4)7(8)11/h1-5H3. The topological polar surface area (TPSA) is 43.1 Å². The first kappa shape index (κ1) is 9.23. The van der Waals surface area contributed by atoms with Crippen LogP contribution >= 0.6 is 0 Å². The van der Waals surface area contributed by atoms with E-state index in [4.69, 9.17) is 0 Å². The fraction of sp³-hybridized carbons (Fsp3) is 0.778. The highest BCUT2D eigenvalue weighted by atomic mass is 16.5. The Labute approximate surface area is 72.7 Å². The van der Waals surface area contributed by atoms with Crippen LogP contribution < -0.4 is 0 Å². The van der Waals surface area contributed by atoms with Gasteiger partial charge in [-0.25, -0.2) is 4.74 Å². The SMILES string of the molecule is C[N+]([O-])=C1C(C)(C)C(=O)C1(C)C. The third kappa shape index (κ3) is 0.822. The summed E-state index contributed by atoms with van der Waals surface area (Å²) in [6.07, 6.45) is 0. The molecule has 0 spiro atoms. The summed E-state index contributed by atoms with van der Waals surface area (Å²) in [5.41, 5.74) is -0.431. The van der Waals surface area contributed by atoms with Gasteiger partial charge in [-0.05, 0) is 27.7 Å². The highest BCUT2D eigenvalue weighted by Crippen LogP contribution is 2.46. The van der Waals surface area contributed by atoms with Crippen LogP contribution in [-0.4, -0.2) is 23.3 Å². The molecule has 1 aliphatic rings. The van der Waals surface area contributed by atoms with E-state index in [2.05, 4.69) is 0 Å². The molecule has 12 heavy (non-hydrogen) atoms. The summed E-state index contributed by atoms with van der Waals surface area (Å²) in [7, 11) is 1.45. The smallest absolute Gasteiger partial charge is 0.189 e. The summed E-state index contributed by atoms with van der Waals surface area (Å²) in [4.78, 5) is 11.5. The van der Waals surface area contributed by atoms with Crippen molar-refractivity contribution in [1.29, 1.82) is 0 Å². The van der Waals surface area contributed by atoms with Crippen LogP contribution in [0.4, 0.5) is 0 Å². The normalized spacial score (nSPS) is 25.1. The molecule has 0 heterocycles. The molecular formula is C9H15NO2. The van der Waals surface area contributed by atoms with Crippen molar-refractivity contribution in [3.63, 3.8) is 0 Å². The molecule has 0 N–H and O–H groups in total. The molecule has 0 aliphatic heterocycles. The Morgan fingerprint density at radius 3 is 1.67 bits per heavy atom. The summed E-state index contributed by atoms with van der Waals surface area (Å²) < 4.78 is 0.821. The molecule has 0 bridgehead atoms. The molecule has 68 valence electrons. The van der Waals surface area contributed by atoms with Crippen molar-refractivity contribution in [3.05, 3.63) is 5.21 Å². The van der Waals surface area contributed by atoms with Crippen molar-refractivity contribution < 1.29 is 9.53 Å². The van der Waals surface area contributed by atoms with E-state index in [9.17, 15) is 10.0 Å². The maximum atomic E-state index is 11.5. The van der Waals surface area contributed by atoms with Gasteiger partial charge in [0.1, 0.15) is 17.9 Å². The molecule has 3 heteroatoms. The number of ketones is 1. The fourth-order valence-electron chi connectivity index (χ4n) is 2.50. The largest absolute Gasteiger partial charge is 0.624 e. The van der Waals surface area contributed by atoms with E-state index in [0.29, 0.717) is 5.71 Å². The second-order valence-electron chi connectivity index (χ2n) is 4.43. The first-order valence-corrected chi connectivity index (χ1v) is 4.06. The van der Waals surface area contributed by atoms with Gasteiger partial charge in [-0.1, -0.05) is 0 Å². The number of rotatable bonds is 0. The molecule has 0 aromatic heterocycles. The lowest BCUT2D eigenvalue weighted by Gasteiger charge is -2.45. The van der Waals surface area contributed by atoms with E-state index in [1.807, 2.05) is 0 Å². The summed E-state index contributed by atoms with van der Waals surface area (Å²) in [5, 5.41) is 11.1. The van der Waals surface area contributed by atoms with E-state index in [-0.39, 0.29) is 5.78 Å². The zero-order chi connectivity index (χ0) is 9.73. The van der Waals surface area contributed by atoms with Gasteiger partial charge in [0, 0.05) is 0 Å². The third-order valence-corrected chi connectivity index (χ3v) is 2.63. The van der Waals surface area contributed by atoms with Gasteiger partial charge < -0.3 is 5.21 Å². The highest BCUT2D eigenvalue weighted by molar-refractivity contribution is 6.30. The minimum atomic E-state index is -0.556. The Morgan fingerprint density at radius 1 is 1.17 bits per heavy atom. The average Bonchev–Trinajstić information content (AvgIpc) is 1.83. The zero-order valence-electron chi connectivity index (χ0n) is 8.26. The van der Waals surface area contributed by atoms with Crippen molar-refractivity contribution in [2.45, 2.75) is 27.7 Å². The summed E-state index contributed by atoms with van der Waals surface area (Å²) >= 11 is 0. The number of Topliss-reactive ketones (excluding diaryl/α,β-unsaturated/α-hetero) is 1. The van der Waals surface area contributed by atoms with Crippen LogP contribution in [0.3, 0.4) is 0 Å². The van der Waals surface area contributed by atoms with Gasteiger partial charge in [-0.3, -0.25) is 4.79 Å². The molecule has 1 saturated carbocycles. The van der Waals surface area contributed by atoms with Gasteiger partial charge in [-0.15, -0.1) is 0 Å². The Morgan fingerprint density at radius 2 is 1.50 bits per heavy atom. The van der Waals surface area contributed by atoms with Gasteiger partial charge in [-0.2, -0.15) is 0 Å². The number of carbonyl (C=O) groups is 1. The number of hydroxylamine groups is 1. The monoisotopic (exact) mass is 169 g/mol. The lowest BCUT2D eigenvalue weighted by atomic mass is 9.53. The van der Waals surface area contributed by atoms with E-state index in [1.54, 1.807) is 27.7 Å². The second-order valence-corrected chi connectivity index (χ2v) is 4.43. The maximum Gasteiger partial charge on any atom is 0.189 e. The molecule has 0 amide bonds. The lowest BCUT2D eigenvalue weighted by Crippen LogP contribution is -2.63. The van der Waals surface area contributed by atoms with Gasteiger partial charge in [0.25, 0.3) is 0 Å². The van der Waals surface area contributed by atoms with E-state index < -0.39 is 10.8 Å². The Kier molecular flexibility index (Phi) is 1.61. The van der Waals surface area contributed by atoms with E-state index in [1.165, 1.54) is 7.05 Å². The van der Waals surface area contributed by atoms with Crippen LogP contribution in [0.2, 0.25) is 0 Å². The Bertz CT molecular complexity index is 250. The van der Waals surface area contributed by atoms with Crippen molar-refractivity contribution >= 4 is 11.5 Å². The molecule has 0 saturated heterocycles. The molecule has 1 fully saturated rings. The van der Waals surface area contributed by atoms with Crippen LogP contribution in [0.25, 0.3) is 0 Å². The first-order valence-electron chi connectivity index (χ1n) is 4.06. The fourth-order valence-corrected chi connectivity index (χ4v) is 2.50.